The number of nitriles is 1. The molecule has 6 heteroatoms. The van der Waals surface area contributed by atoms with Gasteiger partial charge in [-0.25, -0.2) is 0 Å². The van der Waals surface area contributed by atoms with Gasteiger partial charge >= 0.3 is 0 Å². The summed E-state index contributed by atoms with van der Waals surface area (Å²) in [6.45, 7) is 34.4. The van der Waals surface area contributed by atoms with Gasteiger partial charge in [0, 0.05) is 52.5 Å². The average Bonchev–Trinajstić information content (AvgIpc) is 3.78. The molecule has 0 unspecified atom stereocenters. The van der Waals surface area contributed by atoms with Crippen LogP contribution in [0, 0.1) is 11.3 Å². The van der Waals surface area contributed by atoms with Gasteiger partial charge in [-0.2, -0.15) is 5.26 Å². The molecule has 0 radical (unpaired) electrons. The third-order valence-corrected chi connectivity index (χ3v) is 17.4. The first-order valence-electron chi connectivity index (χ1n) is 24.8. The summed E-state index contributed by atoms with van der Waals surface area (Å²) in [6, 6.07) is 47.8. The minimum atomic E-state index is -0.223. The van der Waals surface area contributed by atoms with Crippen molar-refractivity contribution in [3.63, 3.8) is 0 Å². The summed E-state index contributed by atoms with van der Waals surface area (Å²) in [7, 11) is 0. The molecule has 0 bridgehead atoms. The molecule has 11 rings (SSSR count). The second-order valence-corrected chi connectivity index (χ2v) is 27.2. The zero-order chi connectivity index (χ0) is 49.1. The monoisotopic (exact) mass is 937 g/mol. The van der Waals surface area contributed by atoms with Gasteiger partial charge < -0.3 is 9.13 Å². The topological polar surface area (TPSA) is 33.6 Å². The second-order valence-electron chi connectivity index (χ2n) is 25.1. The van der Waals surface area contributed by atoms with E-state index in [1.54, 1.807) is 11.8 Å². The summed E-state index contributed by atoms with van der Waals surface area (Å²) in [4.78, 5) is 4.83. The van der Waals surface area contributed by atoms with Crippen LogP contribution in [0.25, 0.3) is 55.0 Å². The molecule has 2 aromatic heterocycles. The third-order valence-electron chi connectivity index (χ3n) is 15.0. The maximum Gasteiger partial charge on any atom is 0.247 e. The molecule has 9 aromatic rings. The highest BCUT2D eigenvalue weighted by molar-refractivity contribution is 8.01. The molecule has 0 fully saturated rings. The van der Waals surface area contributed by atoms with Crippen LogP contribution in [-0.2, 0) is 27.1 Å². The molecule has 2 aliphatic heterocycles. The van der Waals surface area contributed by atoms with E-state index < -0.39 is 0 Å². The smallest absolute Gasteiger partial charge is 0.247 e. The van der Waals surface area contributed by atoms with Crippen LogP contribution in [0.4, 0.5) is 0 Å². The molecular weight excluding hydrogens is 874 g/mol. The first-order valence-corrected chi connectivity index (χ1v) is 26.4. The van der Waals surface area contributed by atoms with Crippen LogP contribution in [-0.4, -0.2) is 15.8 Å². The molecule has 0 atom stereocenters. The lowest BCUT2D eigenvalue weighted by Gasteiger charge is -2.36. The Balaban J connectivity index is 1.13. The number of hydrogen-bond donors (Lipinski definition) is 0. The van der Waals surface area contributed by atoms with Gasteiger partial charge in [0.25, 0.3) is 0 Å². The molecule has 4 heterocycles. The van der Waals surface area contributed by atoms with E-state index in [1.807, 2.05) is 11.8 Å². The Labute approximate surface area is 418 Å². The first kappa shape index (κ1) is 45.8. The molecule has 3 nitrogen and oxygen atoms in total. The Kier molecular flexibility index (Phi) is 10.1. The van der Waals surface area contributed by atoms with Crippen LogP contribution in [0.1, 0.15) is 137 Å². The highest BCUT2D eigenvalue weighted by atomic mass is 32.2. The molecule has 0 spiro atoms. The summed E-state index contributed by atoms with van der Waals surface area (Å²) in [6.07, 6.45) is 0. The molecule has 0 saturated heterocycles. The Hall–Kier alpha value is -5.61. The summed E-state index contributed by atoms with van der Waals surface area (Å²) in [5.74, 6) is 0. The van der Waals surface area contributed by atoms with Crippen molar-refractivity contribution >= 4 is 90.2 Å². The second kappa shape index (κ2) is 15.2. The molecule has 346 valence electrons. The number of fused-ring (bicyclic) bond motifs is 10. The lowest BCUT2D eigenvalue weighted by Crippen LogP contribution is -2.58. The zero-order valence-electron chi connectivity index (χ0n) is 43.2. The Bertz CT molecular complexity index is 3550. The fraction of sp³-hybridized carbons (Fsp3) is 0.317. The highest BCUT2D eigenvalue weighted by Crippen LogP contribution is 2.46. The predicted molar refractivity (Wildman–Crippen MR) is 299 cm³/mol. The van der Waals surface area contributed by atoms with E-state index in [4.69, 9.17) is 0 Å². The number of aromatic nitrogens is 2. The molecule has 2 aliphatic rings. The van der Waals surface area contributed by atoms with Crippen molar-refractivity contribution in [3.8, 4) is 17.4 Å². The SMILES string of the molecule is CC(C)(C)c1ccc2c(c1)c1cc(C(C)(C)C)ccc1n2-c1ccc2c(c1)Sc1cc(C(C)(C)C)c(C#N)c3c1B2c1ccc(-n2c4ccc(C(C)(C)C)cc4c4cc(C(C)(C)C)ccc42)cc1S3. The van der Waals surface area contributed by atoms with Crippen molar-refractivity contribution in [2.75, 3.05) is 0 Å². The minimum absolute atomic E-state index is 0.0182. The van der Waals surface area contributed by atoms with Gasteiger partial charge in [0.15, 0.2) is 0 Å². The molecule has 0 amide bonds. The largest absolute Gasteiger partial charge is 0.309 e. The zero-order valence-corrected chi connectivity index (χ0v) is 44.8. The van der Waals surface area contributed by atoms with E-state index in [1.165, 1.54) is 96.9 Å². The Morgan fingerprint density at radius 2 is 0.768 bits per heavy atom. The summed E-state index contributed by atoms with van der Waals surface area (Å²) < 4.78 is 4.96. The normalized spacial score (nSPS) is 14.1. The first-order chi connectivity index (χ1) is 32.3. The summed E-state index contributed by atoms with van der Waals surface area (Å²) in [5.41, 5.74) is 18.2. The number of benzene rings is 7. The molecule has 0 N–H and O–H groups in total. The predicted octanol–water partition coefficient (Wildman–Crippen LogP) is 15.7. The quantitative estimate of drug-likeness (QED) is 0.162. The van der Waals surface area contributed by atoms with E-state index in [2.05, 4.69) is 234 Å². The fourth-order valence-corrected chi connectivity index (χ4v) is 13.6. The van der Waals surface area contributed by atoms with Gasteiger partial charge in [-0.3, -0.25) is 0 Å². The van der Waals surface area contributed by atoms with Crippen LogP contribution >= 0.6 is 23.5 Å². The van der Waals surface area contributed by atoms with Crippen molar-refractivity contribution in [1.29, 1.82) is 5.26 Å². The van der Waals surface area contributed by atoms with Crippen molar-refractivity contribution in [2.45, 2.75) is 151 Å². The van der Waals surface area contributed by atoms with Crippen molar-refractivity contribution in [1.82, 2.24) is 9.13 Å². The standard InChI is InChI=1S/C63H64BN3S2/c1-59(2,3)36-16-24-50-42(28-36)43-29-37(60(4,5)6)17-25-51(43)66(50)40-20-22-48-54(32-40)68-56-34-47(63(13,14)15)46(35-65)58-57(56)64(48)49-23-21-41(33-55(49)69-58)67-52-26-18-38(61(7,8)9)30-44(52)45-31-39(62(10,11)12)19-27-53(45)67/h16-34H,1-15H3. The summed E-state index contributed by atoms with van der Waals surface area (Å²) >= 11 is 3.67. The molecule has 0 saturated carbocycles. The van der Waals surface area contributed by atoms with E-state index >= 15 is 0 Å². The van der Waals surface area contributed by atoms with Crippen LogP contribution < -0.4 is 16.4 Å². The molecule has 0 aliphatic carbocycles. The van der Waals surface area contributed by atoms with Crippen molar-refractivity contribution < 1.29 is 0 Å². The number of rotatable bonds is 2. The summed E-state index contributed by atoms with van der Waals surface area (Å²) in [5, 5.41) is 16.3. The van der Waals surface area contributed by atoms with Crippen molar-refractivity contribution in [2.24, 2.45) is 0 Å². The van der Waals surface area contributed by atoms with Gasteiger partial charge in [-0.05, 0) is 139 Å². The van der Waals surface area contributed by atoms with Gasteiger partial charge in [-0.15, -0.1) is 0 Å². The highest BCUT2D eigenvalue weighted by Gasteiger charge is 2.41. The molecular formula is C63H64BN3S2. The van der Waals surface area contributed by atoms with E-state index in [0.29, 0.717) is 0 Å². The maximum absolute atomic E-state index is 11.1. The molecule has 7 aromatic carbocycles. The van der Waals surface area contributed by atoms with E-state index in [9.17, 15) is 5.26 Å². The number of hydrogen-bond acceptors (Lipinski definition) is 3. The van der Waals surface area contributed by atoms with Crippen molar-refractivity contribution in [3.05, 3.63) is 149 Å². The Morgan fingerprint density at radius 3 is 1.10 bits per heavy atom. The minimum Gasteiger partial charge on any atom is -0.309 e. The lowest BCUT2D eigenvalue weighted by molar-refractivity contribution is 0.585. The van der Waals surface area contributed by atoms with Crippen LogP contribution in [0.3, 0.4) is 0 Å². The van der Waals surface area contributed by atoms with Crippen LogP contribution in [0.2, 0.25) is 0 Å². The van der Waals surface area contributed by atoms with E-state index in [-0.39, 0.29) is 33.8 Å². The van der Waals surface area contributed by atoms with Gasteiger partial charge in [-0.1, -0.05) is 175 Å². The maximum atomic E-state index is 11.1. The van der Waals surface area contributed by atoms with Gasteiger partial charge in [0.1, 0.15) is 6.07 Å². The van der Waals surface area contributed by atoms with Gasteiger partial charge in [0.05, 0.1) is 27.6 Å². The van der Waals surface area contributed by atoms with Crippen LogP contribution in [0.15, 0.2) is 135 Å². The third kappa shape index (κ3) is 7.31. The van der Waals surface area contributed by atoms with Gasteiger partial charge in [0.2, 0.25) is 6.71 Å². The Morgan fingerprint density at radius 1 is 0.406 bits per heavy atom. The number of nitrogens with zero attached hydrogens (tertiary/aromatic N) is 3. The molecule has 69 heavy (non-hydrogen) atoms. The van der Waals surface area contributed by atoms with E-state index in [0.717, 1.165) is 27.4 Å². The average molecular weight is 938 g/mol. The lowest BCUT2D eigenvalue weighted by atomic mass is 9.36. The van der Waals surface area contributed by atoms with Crippen LogP contribution in [0.5, 0.6) is 0 Å². The fourth-order valence-electron chi connectivity index (χ4n) is 11.0.